The number of ether oxygens (including phenoxy) is 1. The monoisotopic (exact) mass is 241 g/mol. The first kappa shape index (κ1) is 11.3. The van der Waals surface area contributed by atoms with Gasteiger partial charge in [-0.3, -0.25) is 0 Å². The molecule has 3 heteroatoms. The number of para-hydroxylation sites is 1. The van der Waals surface area contributed by atoms with Crippen molar-refractivity contribution in [3.63, 3.8) is 0 Å². The molecule has 2 aromatic rings. The van der Waals surface area contributed by atoms with Gasteiger partial charge in [-0.2, -0.15) is 5.48 Å². The van der Waals surface area contributed by atoms with Gasteiger partial charge >= 0.3 is 0 Å². The fourth-order valence-electron chi connectivity index (χ4n) is 2.33. The molecule has 0 aromatic heterocycles. The number of benzene rings is 2. The van der Waals surface area contributed by atoms with Gasteiger partial charge in [-0.15, -0.1) is 0 Å². The minimum atomic E-state index is 0.105. The SMILES string of the molecule is CONC1COc2c(-c3ccccc3)cccc21. The Kier molecular flexibility index (Phi) is 3.00. The molecule has 1 atom stereocenters. The van der Waals surface area contributed by atoms with Gasteiger partial charge in [0.05, 0.1) is 13.2 Å². The van der Waals surface area contributed by atoms with Gasteiger partial charge in [0.2, 0.25) is 0 Å². The van der Waals surface area contributed by atoms with Gasteiger partial charge < -0.3 is 9.57 Å². The quantitative estimate of drug-likeness (QED) is 0.838. The summed E-state index contributed by atoms with van der Waals surface area (Å²) in [5.41, 5.74) is 6.41. The highest BCUT2D eigenvalue weighted by Crippen LogP contribution is 2.40. The first-order valence-electron chi connectivity index (χ1n) is 6.00. The highest BCUT2D eigenvalue weighted by molar-refractivity contribution is 5.73. The molecule has 18 heavy (non-hydrogen) atoms. The van der Waals surface area contributed by atoms with Crippen LogP contribution in [-0.2, 0) is 4.84 Å². The second-order valence-electron chi connectivity index (χ2n) is 4.28. The van der Waals surface area contributed by atoms with E-state index in [0.29, 0.717) is 6.61 Å². The molecule has 3 rings (SSSR count). The van der Waals surface area contributed by atoms with E-state index in [1.54, 1.807) is 7.11 Å². The molecule has 0 saturated carbocycles. The Hall–Kier alpha value is -1.84. The van der Waals surface area contributed by atoms with Gasteiger partial charge in [0, 0.05) is 11.1 Å². The average Bonchev–Trinajstić information content (AvgIpc) is 2.84. The van der Waals surface area contributed by atoms with E-state index in [0.717, 1.165) is 16.9 Å². The number of rotatable bonds is 3. The predicted molar refractivity (Wildman–Crippen MR) is 70.3 cm³/mol. The van der Waals surface area contributed by atoms with Crippen LogP contribution in [0, 0.1) is 0 Å². The van der Waals surface area contributed by atoms with Crippen LogP contribution in [0.2, 0.25) is 0 Å². The van der Waals surface area contributed by atoms with Crippen molar-refractivity contribution in [2.45, 2.75) is 6.04 Å². The third-order valence-electron chi connectivity index (χ3n) is 3.16. The second-order valence-corrected chi connectivity index (χ2v) is 4.28. The molecular formula is C15H15NO2. The average molecular weight is 241 g/mol. The number of nitrogens with one attached hydrogen (secondary N) is 1. The maximum atomic E-state index is 5.81. The zero-order valence-corrected chi connectivity index (χ0v) is 10.2. The van der Waals surface area contributed by atoms with E-state index >= 15 is 0 Å². The molecule has 92 valence electrons. The Bertz CT molecular complexity index is 539. The van der Waals surface area contributed by atoms with Gasteiger partial charge in [0.15, 0.2) is 0 Å². The molecule has 0 spiro atoms. The first-order valence-corrected chi connectivity index (χ1v) is 6.00. The number of hydrogen-bond donors (Lipinski definition) is 1. The zero-order chi connectivity index (χ0) is 12.4. The second kappa shape index (κ2) is 4.80. The molecule has 0 saturated heterocycles. The van der Waals surface area contributed by atoms with E-state index in [1.165, 1.54) is 5.56 Å². The molecule has 0 aliphatic carbocycles. The van der Waals surface area contributed by atoms with E-state index in [2.05, 4.69) is 35.8 Å². The molecule has 0 amide bonds. The van der Waals surface area contributed by atoms with E-state index in [1.807, 2.05) is 18.2 Å². The lowest BCUT2D eigenvalue weighted by molar-refractivity contribution is 0.0536. The van der Waals surface area contributed by atoms with Crippen LogP contribution in [0.15, 0.2) is 48.5 Å². The molecular weight excluding hydrogens is 226 g/mol. The Morgan fingerprint density at radius 2 is 1.94 bits per heavy atom. The van der Waals surface area contributed by atoms with E-state index < -0.39 is 0 Å². The van der Waals surface area contributed by atoms with Crippen molar-refractivity contribution in [2.24, 2.45) is 0 Å². The fourth-order valence-corrected chi connectivity index (χ4v) is 2.33. The molecule has 3 nitrogen and oxygen atoms in total. The van der Waals surface area contributed by atoms with Crippen molar-refractivity contribution in [3.8, 4) is 16.9 Å². The topological polar surface area (TPSA) is 30.5 Å². The molecule has 2 aromatic carbocycles. The Morgan fingerprint density at radius 3 is 2.72 bits per heavy atom. The lowest BCUT2D eigenvalue weighted by atomic mass is 10.00. The number of hydrogen-bond acceptors (Lipinski definition) is 3. The summed E-state index contributed by atoms with van der Waals surface area (Å²) in [6.07, 6.45) is 0. The van der Waals surface area contributed by atoms with Crippen molar-refractivity contribution >= 4 is 0 Å². The Balaban J connectivity index is 2.04. The highest BCUT2D eigenvalue weighted by Gasteiger charge is 2.26. The van der Waals surface area contributed by atoms with E-state index in [4.69, 9.17) is 9.57 Å². The van der Waals surface area contributed by atoms with Gasteiger partial charge in [-0.25, -0.2) is 0 Å². The van der Waals surface area contributed by atoms with E-state index in [9.17, 15) is 0 Å². The van der Waals surface area contributed by atoms with Crippen LogP contribution in [0.5, 0.6) is 5.75 Å². The third-order valence-corrected chi connectivity index (χ3v) is 3.16. The summed E-state index contributed by atoms with van der Waals surface area (Å²) in [5, 5.41) is 0. The third kappa shape index (κ3) is 1.88. The summed E-state index contributed by atoms with van der Waals surface area (Å²) in [7, 11) is 1.62. The molecule has 1 aliphatic rings. The summed E-state index contributed by atoms with van der Waals surface area (Å²) in [6, 6.07) is 16.6. The maximum absolute atomic E-state index is 5.81. The first-order chi connectivity index (χ1) is 8.90. The summed E-state index contributed by atoms with van der Waals surface area (Å²) in [6.45, 7) is 0.604. The lowest BCUT2D eigenvalue weighted by Crippen LogP contribution is -2.20. The number of fused-ring (bicyclic) bond motifs is 1. The molecule has 0 fully saturated rings. The van der Waals surface area contributed by atoms with Gasteiger partial charge in [-0.1, -0.05) is 48.5 Å². The largest absolute Gasteiger partial charge is 0.491 e. The molecule has 1 unspecified atom stereocenters. The minimum absolute atomic E-state index is 0.105. The standard InChI is InChI=1S/C15H15NO2/c1-17-16-14-10-18-15-12(8-5-9-13(14)15)11-6-3-2-4-7-11/h2-9,14,16H,10H2,1H3. The van der Waals surface area contributed by atoms with Crippen LogP contribution < -0.4 is 10.2 Å². The Labute approximate surface area is 106 Å². The summed E-state index contributed by atoms with van der Waals surface area (Å²) >= 11 is 0. The molecule has 0 bridgehead atoms. The summed E-state index contributed by atoms with van der Waals surface area (Å²) in [4.78, 5) is 5.00. The highest BCUT2D eigenvalue weighted by atomic mass is 16.6. The normalized spacial score (nSPS) is 17.3. The molecule has 0 radical (unpaired) electrons. The van der Waals surface area contributed by atoms with Crippen molar-refractivity contribution in [2.75, 3.05) is 13.7 Å². The Morgan fingerprint density at radius 1 is 1.11 bits per heavy atom. The van der Waals surface area contributed by atoms with Crippen molar-refractivity contribution in [3.05, 3.63) is 54.1 Å². The maximum Gasteiger partial charge on any atom is 0.132 e. The van der Waals surface area contributed by atoms with Crippen LogP contribution in [-0.4, -0.2) is 13.7 Å². The van der Waals surface area contributed by atoms with Crippen LogP contribution in [0.4, 0.5) is 0 Å². The molecule has 1 aliphatic heterocycles. The lowest BCUT2D eigenvalue weighted by Gasteiger charge is -2.09. The van der Waals surface area contributed by atoms with Gasteiger partial charge in [-0.05, 0) is 5.56 Å². The van der Waals surface area contributed by atoms with Gasteiger partial charge in [0.25, 0.3) is 0 Å². The van der Waals surface area contributed by atoms with Crippen LogP contribution in [0.25, 0.3) is 11.1 Å². The van der Waals surface area contributed by atoms with Gasteiger partial charge in [0.1, 0.15) is 12.4 Å². The van der Waals surface area contributed by atoms with Crippen LogP contribution >= 0.6 is 0 Å². The summed E-state index contributed by atoms with van der Waals surface area (Å²) < 4.78 is 5.81. The smallest absolute Gasteiger partial charge is 0.132 e. The molecule has 1 N–H and O–H groups in total. The zero-order valence-electron chi connectivity index (χ0n) is 10.2. The number of hydroxylamine groups is 1. The van der Waals surface area contributed by atoms with Crippen LogP contribution in [0.1, 0.15) is 11.6 Å². The van der Waals surface area contributed by atoms with Crippen molar-refractivity contribution in [1.29, 1.82) is 0 Å². The van der Waals surface area contributed by atoms with Crippen molar-refractivity contribution in [1.82, 2.24) is 5.48 Å². The van der Waals surface area contributed by atoms with Crippen LogP contribution in [0.3, 0.4) is 0 Å². The van der Waals surface area contributed by atoms with E-state index in [-0.39, 0.29) is 6.04 Å². The summed E-state index contributed by atoms with van der Waals surface area (Å²) in [5.74, 6) is 0.957. The fraction of sp³-hybridized carbons (Fsp3) is 0.200. The van der Waals surface area contributed by atoms with Crippen molar-refractivity contribution < 1.29 is 9.57 Å². The molecule has 1 heterocycles. The predicted octanol–water partition coefficient (Wildman–Crippen LogP) is 2.94. The minimum Gasteiger partial charge on any atom is -0.491 e.